The molecule has 2 heteroatoms. The van der Waals surface area contributed by atoms with Crippen molar-refractivity contribution >= 4 is 11.8 Å². The Labute approximate surface area is 78.6 Å². The van der Waals surface area contributed by atoms with Crippen molar-refractivity contribution in [2.75, 3.05) is 5.75 Å². The minimum atomic E-state index is 1.10. The molecule has 0 N–H and O–H groups in total. The van der Waals surface area contributed by atoms with Crippen LogP contribution in [-0.4, -0.2) is 10.7 Å². The summed E-state index contributed by atoms with van der Waals surface area (Å²) in [5.74, 6) is 2.37. The molecule has 66 valence electrons. The molecular weight excluding hydrogens is 166 g/mol. The van der Waals surface area contributed by atoms with Crippen LogP contribution in [0.5, 0.6) is 0 Å². The van der Waals surface area contributed by atoms with Gasteiger partial charge in [-0.1, -0.05) is 19.4 Å². The lowest BCUT2D eigenvalue weighted by Gasteiger charge is -1.99. The van der Waals surface area contributed by atoms with Crippen molar-refractivity contribution in [3.05, 3.63) is 30.1 Å². The second kappa shape index (κ2) is 6.06. The minimum Gasteiger partial charge on any atom is -0.264 e. The first-order valence-corrected chi connectivity index (χ1v) is 5.55. The Hall–Kier alpha value is -0.500. The average molecular weight is 181 g/mol. The largest absolute Gasteiger partial charge is 0.264 e. The van der Waals surface area contributed by atoms with Gasteiger partial charge in [-0.15, -0.1) is 0 Å². The molecule has 0 atom stereocenters. The van der Waals surface area contributed by atoms with E-state index < -0.39 is 0 Å². The zero-order valence-corrected chi connectivity index (χ0v) is 8.31. The average Bonchev–Trinajstić information content (AvgIpc) is 2.14. The number of aromatic nitrogens is 1. The molecule has 0 unspecified atom stereocenters. The van der Waals surface area contributed by atoms with E-state index >= 15 is 0 Å². The van der Waals surface area contributed by atoms with E-state index in [1.165, 1.54) is 24.2 Å². The molecule has 0 radical (unpaired) electrons. The fourth-order valence-corrected chi connectivity index (χ4v) is 1.96. The van der Waals surface area contributed by atoms with Crippen LogP contribution in [0.15, 0.2) is 24.5 Å². The highest BCUT2D eigenvalue weighted by Gasteiger charge is 1.91. The highest BCUT2D eigenvalue weighted by Crippen LogP contribution is 2.12. The van der Waals surface area contributed by atoms with Crippen molar-refractivity contribution in [1.82, 2.24) is 4.98 Å². The standard InChI is InChI=1S/C10H15NS/c1-2-3-7-12-9-10-5-4-6-11-8-10/h4-6,8H,2-3,7,9H2,1H3. The van der Waals surface area contributed by atoms with E-state index in [4.69, 9.17) is 0 Å². The van der Waals surface area contributed by atoms with Gasteiger partial charge in [0.1, 0.15) is 0 Å². The molecule has 0 saturated heterocycles. The topological polar surface area (TPSA) is 12.9 Å². The molecule has 0 aliphatic heterocycles. The monoisotopic (exact) mass is 181 g/mol. The molecule has 12 heavy (non-hydrogen) atoms. The molecule has 1 nitrogen and oxygen atoms in total. The number of hydrogen-bond acceptors (Lipinski definition) is 2. The van der Waals surface area contributed by atoms with Gasteiger partial charge in [-0.2, -0.15) is 11.8 Å². The number of thioether (sulfide) groups is 1. The number of rotatable bonds is 5. The molecule has 0 amide bonds. The number of unbranched alkanes of at least 4 members (excludes halogenated alkanes) is 1. The van der Waals surface area contributed by atoms with Crippen LogP contribution in [0.1, 0.15) is 25.3 Å². The van der Waals surface area contributed by atoms with E-state index in [9.17, 15) is 0 Å². The predicted molar refractivity (Wildman–Crippen MR) is 55.3 cm³/mol. The molecule has 1 aromatic heterocycles. The Balaban J connectivity index is 2.16. The van der Waals surface area contributed by atoms with Gasteiger partial charge in [0.15, 0.2) is 0 Å². The minimum absolute atomic E-state index is 1.10. The number of nitrogens with zero attached hydrogens (tertiary/aromatic N) is 1. The summed E-state index contributed by atoms with van der Waals surface area (Å²) in [4.78, 5) is 4.07. The summed E-state index contributed by atoms with van der Waals surface area (Å²) in [5.41, 5.74) is 1.33. The first-order valence-electron chi connectivity index (χ1n) is 4.40. The van der Waals surface area contributed by atoms with E-state index in [1.54, 1.807) is 0 Å². The zero-order chi connectivity index (χ0) is 8.65. The summed E-state index contributed by atoms with van der Waals surface area (Å²) < 4.78 is 0. The quantitative estimate of drug-likeness (QED) is 0.647. The first-order chi connectivity index (χ1) is 5.93. The predicted octanol–water partition coefficient (Wildman–Crippen LogP) is 3.11. The van der Waals surface area contributed by atoms with Crippen molar-refractivity contribution in [1.29, 1.82) is 0 Å². The van der Waals surface area contributed by atoms with Gasteiger partial charge < -0.3 is 0 Å². The van der Waals surface area contributed by atoms with Crippen LogP contribution in [0, 0.1) is 0 Å². The second-order valence-corrected chi connectivity index (χ2v) is 3.87. The Bertz CT molecular complexity index is 198. The van der Waals surface area contributed by atoms with Crippen molar-refractivity contribution in [2.45, 2.75) is 25.5 Å². The zero-order valence-electron chi connectivity index (χ0n) is 7.49. The summed E-state index contributed by atoms with van der Waals surface area (Å²) in [6.45, 7) is 2.23. The normalized spacial score (nSPS) is 10.1. The van der Waals surface area contributed by atoms with Gasteiger partial charge in [0.2, 0.25) is 0 Å². The molecule has 0 fully saturated rings. The maximum Gasteiger partial charge on any atom is 0.0308 e. The molecule has 1 heterocycles. The second-order valence-electron chi connectivity index (χ2n) is 2.77. The lowest BCUT2D eigenvalue weighted by atomic mass is 10.3. The highest BCUT2D eigenvalue weighted by atomic mass is 32.2. The van der Waals surface area contributed by atoms with Crippen molar-refractivity contribution in [3.63, 3.8) is 0 Å². The molecule has 0 bridgehead atoms. The summed E-state index contributed by atoms with van der Waals surface area (Å²) in [6.07, 6.45) is 6.38. The molecular formula is C10H15NS. The third-order valence-electron chi connectivity index (χ3n) is 1.63. The van der Waals surface area contributed by atoms with Gasteiger partial charge in [-0.3, -0.25) is 4.98 Å². The fourth-order valence-electron chi connectivity index (χ4n) is 0.920. The van der Waals surface area contributed by atoms with E-state index in [0.29, 0.717) is 0 Å². The summed E-state index contributed by atoms with van der Waals surface area (Å²) in [7, 11) is 0. The number of pyridine rings is 1. The summed E-state index contributed by atoms with van der Waals surface area (Å²) >= 11 is 1.99. The van der Waals surface area contributed by atoms with Crippen LogP contribution in [0.3, 0.4) is 0 Å². The molecule has 0 saturated carbocycles. The van der Waals surface area contributed by atoms with Crippen LogP contribution in [0.4, 0.5) is 0 Å². The summed E-state index contributed by atoms with van der Waals surface area (Å²) in [6, 6.07) is 4.13. The lowest BCUT2D eigenvalue weighted by molar-refractivity contribution is 0.896. The molecule has 1 rings (SSSR count). The lowest BCUT2D eigenvalue weighted by Crippen LogP contribution is -1.83. The van der Waals surface area contributed by atoms with Gasteiger partial charge in [0, 0.05) is 18.1 Å². The molecule has 0 aliphatic carbocycles. The molecule has 0 spiro atoms. The maximum atomic E-state index is 4.07. The van der Waals surface area contributed by atoms with Gasteiger partial charge in [0.05, 0.1) is 0 Å². The third kappa shape index (κ3) is 3.77. The molecule has 0 aliphatic rings. The van der Waals surface area contributed by atoms with Crippen LogP contribution in [0.2, 0.25) is 0 Å². The van der Waals surface area contributed by atoms with Crippen molar-refractivity contribution in [2.24, 2.45) is 0 Å². The van der Waals surface area contributed by atoms with E-state index in [1.807, 2.05) is 30.2 Å². The Morgan fingerprint density at radius 2 is 2.42 bits per heavy atom. The van der Waals surface area contributed by atoms with Crippen LogP contribution < -0.4 is 0 Å². The van der Waals surface area contributed by atoms with E-state index in [0.717, 1.165) is 5.75 Å². The maximum absolute atomic E-state index is 4.07. The highest BCUT2D eigenvalue weighted by molar-refractivity contribution is 7.98. The van der Waals surface area contributed by atoms with Crippen LogP contribution >= 0.6 is 11.8 Å². The van der Waals surface area contributed by atoms with Gasteiger partial charge in [-0.25, -0.2) is 0 Å². The third-order valence-corrected chi connectivity index (χ3v) is 2.75. The van der Waals surface area contributed by atoms with Crippen LogP contribution in [-0.2, 0) is 5.75 Å². The molecule has 0 aromatic carbocycles. The molecule has 1 aromatic rings. The van der Waals surface area contributed by atoms with Gasteiger partial charge in [-0.05, 0) is 23.8 Å². The Morgan fingerprint density at radius 1 is 1.50 bits per heavy atom. The van der Waals surface area contributed by atoms with Gasteiger partial charge in [0.25, 0.3) is 0 Å². The van der Waals surface area contributed by atoms with Crippen molar-refractivity contribution < 1.29 is 0 Å². The Morgan fingerprint density at radius 3 is 3.08 bits per heavy atom. The summed E-state index contributed by atoms with van der Waals surface area (Å²) in [5, 5.41) is 0. The Kier molecular flexibility index (Phi) is 4.85. The fraction of sp³-hybridized carbons (Fsp3) is 0.500. The van der Waals surface area contributed by atoms with Crippen LogP contribution in [0.25, 0.3) is 0 Å². The van der Waals surface area contributed by atoms with Gasteiger partial charge >= 0.3 is 0 Å². The smallest absolute Gasteiger partial charge is 0.0308 e. The SMILES string of the molecule is CCCCSCc1cccnc1. The van der Waals surface area contributed by atoms with E-state index in [-0.39, 0.29) is 0 Å². The van der Waals surface area contributed by atoms with E-state index in [2.05, 4.69) is 18.0 Å². The van der Waals surface area contributed by atoms with Crippen molar-refractivity contribution in [3.8, 4) is 0 Å². The number of hydrogen-bond donors (Lipinski definition) is 0. The first kappa shape index (κ1) is 9.59.